The predicted molar refractivity (Wildman–Crippen MR) is 124 cm³/mol. The Labute approximate surface area is 185 Å². The lowest BCUT2D eigenvalue weighted by Crippen LogP contribution is -1.99. The summed E-state index contributed by atoms with van der Waals surface area (Å²) in [7, 11) is 1.62. The lowest BCUT2D eigenvalue weighted by Gasteiger charge is -2.11. The minimum absolute atomic E-state index is 0.420. The van der Waals surface area contributed by atoms with Gasteiger partial charge in [0.2, 0.25) is 4.77 Å². The summed E-state index contributed by atoms with van der Waals surface area (Å²) in [4.78, 5) is 0. The molecular formula is C24H22N4O2S. The first-order chi connectivity index (χ1) is 15.2. The molecule has 0 saturated carbocycles. The summed E-state index contributed by atoms with van der Waals surface area (Å²) in [5.41, 5.74) is 3.99. The number of aromatic amines is 1. The first-order valence-corrected chi connectivity index (χ1v) is 10.2. The third kappa shape index (κ3) is 4.73. The van der Waals surface area contributed by atoms with Crippen LogP contribution < -0.4 is 9.47 Å². The number of benzene rings is 3. The molecule has 0 aliphatic heterocycles. The molecule has 0 aliphatic carbocycles. The highest BCUT2D eigenvalue weighted by atomic mass is 32.1. The predicted octanol–water partition coefficient (Wildman–Crippen LogP) is 5.39. The SMILES string of the molecule is COc1ccc(/C=N/n2c(-c3ccccc3C)n[nH]c2=S)cc1OCc1ccccc1. The molecule has 3 aromatic carbocycles. The molecule has 6 nitrogen and oxygen atoms in total. The average Bonchev–Trinajstić information content (AvgIpc) is 3.17. The summed E-state index contributed by atoms with van der Waals surface area (Å²) in [6.45, 7) is 2.48. The smallest absolute Gasteiger partial charge is 0.216 e. The van der Waals surface area contributed by atoms with Crippen molar-refractivity contribution >= 4 is 18.4 Å². The highest BCUT2D eigenvalue weighted by Gasteiger charge is 2.10. The second-order valence-electron chi connectivity index (χ2n) is 6.91. The van der Waals surface area contributed by atoms with Crippen LogP contribution in [0.4, 0.5) is 0 Å². The molecule has 0 amide bonds. The van der Waals surface area contributed by atoms with Gasteiger partial charge in [0.1, 0.15) is 6.61 Å². The summed E-state index contributed by atoms with van der Waals surface area (Å²) in [5.74, 6) is 1.97. The van der Waals surface area contributed by atoms with Crippen LogP contribution >= 0.6 is 12.2 Å². The molecule has 1 N–H and O–H groups in total. The van der Waals surface area contributed by atoms with Gasteiger partial charge in [-0.1, -0.05) is 54.6 Å². The monoisotopic (exact) mass is 430 g/mol. The standard InChI is InChI=1S/C24H22N4O2S/c1-17-8-6-7-11-20(17)23-26-27-24(31)28(23)25-15-19-12-13-21(29-2)22(14-19)30-16-18-9-4-3-5-10-18/h3-15H,16H2,1-2H3,(H,27,31)/b25-15+. The molecule has 31 heavy (non-hydrogen) atoms. The summed E-state index contributed by atoms with van der Waals surface area (Å²) < 4.78 is 13.5. The second kappa shape index (κ2) is 9.40. The topological polar surface area (TPSA) is 64.4 Å². The molecule has 0 unspecified atom stereocenters. The Bertz CT molecular complexity index is 1260. The van der Waals surface area contributed by atoms with Crippen LogP contribution in [0.25, 0.3) is 11.4 Å². The van der Waals surface area contributed by atoms with Crippen LogP contribution in [0.1, 0.15) is 16.7 Å². The molecule has 0 fully saturated rings. The van der Waals surface area contributed by atoms with Crippen molar-refractivity contribution in [2.24, 2.45) is 5.10 Å². The second-order valence-corrected chi connectivity index (χ2v) is 7.29. The van der Waals surface area contributed by atoms with Gasteiger partial charge in [-0.2, -0.15) is 14.9 Å². The minimum Gasteiger partial charge on any atom is -0.493 e. The van der Waals surface area contributed by atoms with Crippen LogP contribution in [0.3, 0.4) is 0 Å². The van der Waals surface area contributed by atoms with E-state index in [9.17, 15) is 0 Å². The van der Waals surface area contributed by atoms with Crippen molar-refractivity contribution < 1.29 is 9.47 Å². The van der Waals surface area contributed by atoms with Gasteiger partial charge in [-0.25, -0.2) is 5.10 Å². The number of methoxy groups -OCH3 is 1. The summed E-state index contributed by atoms with van der Waals surface area (Å²) >= 11 is 5.38. The van der Waals surface area contributed by atoms with Gasteiger partial charge in [0.25, 0.3) is 0 Å². The van der Waals surface area contributed by atoms with Gasteiger partial charge >= 0.3 is 0 Å². The zero-order valence-electron chi connectivity index (χ0n) is 17.3. The highest BCUT2D eigenvalue weighted by Crippen LogP contribution is 2.28. The molecule has 0 radical (unpaired) electrons. The summed E-state index contributed by atoms with van der Waals surface area (Å²) in [6, 6.07) is 23.6. The van der Waals surface area contributed by atoms with E-state index in [-0.39, 0.29) is 0 Å². The van der Waals surface area contributed by atoms with Crippen LogP contribution in [0.5, 0.6) is 11.5 Å². The number of nitrogens with zero attached hydrogens (tertiary/aromatic N) is 3. The van der Waals surface area contributed by atoms with E-state index in [1.54, 1.807) is 18.0 Å². The third-order valence-electron chi connectivity index (χ3n) is 4.78. The molecule has 0 atom stereocenters. The number of aromatic nitrogens is 3. The number of H-pyrrole nitrogens is 1. The minimum atomic E-state index is 0.420. The highest BCUT2D eigenvalue weighted by molar-refractivity contribution is 7.71. The number of aryl methyl sites for hydroxylation is 1. The van der Waals surface area contributed by atoms with Gasteiger partial charge in [0.05, 0.1) is 13.3 Å². The Hall–Kier alpha value is -3.71. The van der Waals surface area contributed by atoms with E-state index in [1.165, 1.54) is 0 Å². The van der Waals surface area contributed by atoms with Crippen molar-refractivity contribution in [3.05, 3.63) is 94.3 Å². The molecular weight excluding hydrogens is 408 g/mol. The van der Waals surface area contributed by atoms with Crippen LogP contribution in [0.15, 0.2) is 77.9 Å². The van der Waals surface area contributed by atoms with Crippen LogP contribution in [0.2, 0.25) is 0 Å². The van der Waals surface area contributed by atoms with Crippen LogP contribution in [-0.2, 0) is 6.61 Å². The van der Waals surface area contributed by atoms with E-state index in [4.69, 9.17) is 21.7 Å². The normalized spacial score (nSPS) is 11.0. The molecule has 0 bridgehead atoms. The lowest BCUT2D eigenvalue weighted by atomic mass is 10.1. The van der Waals surface area contributed by atoms with E-state index in [1.807, 2.05) is 79.7 Å². The van der Waals surface area contributed by atoms with E-state index >= 15 is 0 Å². The molecule has 0 spiro atoms. The van der Waals surface area contributed by atoms with Crippen LogP contribution in [-0.4, -0.2) is 28.2 Å². The zero-order chi connectivity index (χ0) is 21.6. The maximum Gasteiger partial charge on any atom is 0.216 e. The van der Waals surface area contributed by atoms with E-state index in [0.717, 1.165) is 22.3 Å². The van der Waals surface area contributed by atoms with Crippen molar-refractivity contribution in [3.63, 3.8) is 0 Å². The van der Waals surface area contributed by atoms with Gasteiger partial charge in [-0.3, -0.25) is 0 Å². The molecule has 1 aromatic heterocycles. The molecule has 0 saturated heterocycles. The molecule has 1 heterocycles. The fraction of sp³-hybridized carbons (Fsp3) is 0.125. The number of hydrogen-bond acceptors (Lipinski definition) is 5. The van der Waals surface area contributed by atoms with E-state index < -0.39 is 0 Å². The molecule has 156 valence electrons. The molecule has 4 rings (SSSR count). The maximum absolute atomic E-state index is 5.99. The number of rotatable bonds is 7. The number of hydrogen-bond donors (Lipinski definition) is 1. The largest absolute Gasteiger partial charge is 0.493 e. The van der Waals surface area contributed by atoms with Crippen LogP contribution in [0, 0.1) is 11.7 Å². The molecule has 0 aliphatic rings. The number of ether oxygens (including phenoxy) is 2. The van der Waals surface area contributed by atoms with Crippen molar-refractivity contribution in [1.82, 2.24) is 14.9 Å². The van der Waals surface area contributed by atoms with Gasteiger partial charge in [-0.15, -0.1) is 0 Å². The zero-order valence-corrected chi connectivity index (χ0v) is 18.1. The van der Waals surface area contributed by atoms with Gasteiger partial charge in [0, 0.05) is 5.56 Å². The Morgan fingerprint density at radius 3 is 2.58 bits per heavy atom. The first-order valence-electron chi connectivity index (χ1n) is 9.78. The van der Waals surface area contributed by atoms with E-state index in [2.05, 4.69) is 15.3 Å². The summed E-state index contributed by atoms with van der Waals surface area (Å²) in [6.07, 6.45) is 1.72. The lowest BCUT2D eigenvalue weighted by molar-refractivity contribution is 0.284. The average molecular weight is 431 g/mol. The fourth-order valence-corrected chi connectivity index (χ4v) is 3.32. The quantitative estimate of drug-likeness (QED) is 0.316. The Morgan fingerprint density at radius 2 is 1.81 bits per heavy atom. The van der Waals surface area contributed by atoms with Crippen molar-refractivity contribution in [3.8, 4) is 22.9 Å². The molecule has 4 aromatic rings. The van der Waals surface area contributed by atoms with Gasteiger partial charge in [0.15, 0.2) is 17.3 Å². The van der Waals surface area contributed by atoms with Crippen molar-refractivity contribution in [2.45, 2.75) is 13.5 Å². The Morgan fingerprint density at radius 1 is 1.03 bits per heavy atom. The number of nitrogens with one attached hydrogen (secondary N) is 1. The maximum atomic E-state index is 5.99. The van der Waals surface area contributed by atoms with Crippen molar-refractivity contribution in [2.75, 3.05) is 7.11 Å². The van der Waals surface area contributed by atoms with Gasteiger partial charge < -0.3 is 9.47 Å². The third-order valence-corrected chi connectivity index (χ3v) is 5.05. The van der Waals surface area contributed by atoms with Gasteiger partial charge in [-0.05, 0) is 54.0 Å². The van der Waals surface area contributed by atoms with Crippen molar-refractivity contribution in [1.29, 1.82) is 0 Å². The first kappa shape index (κ1) is 20.6. The fourth-order valence-electron chi connectivity index (χ4n) is 3.14. The Kier molecular flexibility index (Phi) is 6.24. The Balaban J connectivity index is 1.61. The van der Waals surface area contributed by atoms with E-state index in [0.29, 0.717) is 28.7 Å². The molecule has 7 heteroatoms. The summed E-state index contributed by atoms with van der Waals surface area (Å²) in [5, 5.41) is 11.7.